The Labute approximate surface area is 282 Å². The van der Waals surface area contributed by atoms with Crippen LogP contribution >= 0.6 is 11.6 Å². The highest BCUT2D eigenvalue weighted by molar-refractivity contribution is 7.85. The standard InChI is InChI=1S/C38H41ClN2O5S/c1-25-6-16-32(26(2)22-25)33-17-15-31(24-35(33)39)41-37(43)34(29-11-7-27(8-12-29)18-19-38(3,4)5)23-28-9-13-30(14-10-28)36(42)40-20-21-47(44,45)46/h6-19,22,24,34H,20-21,23H2,1-5H3,(H,40,42)(H,41,43)(H,44,45,46). The maximum atomic E-state index is 13.9. The predicted octanol–water partition coefficient (Wildman–Crippen LogP) is 8.27. The van der Waals surface area contributed by atoms with Crippen LogP contribution in [0.15, 0.2) is 91.0 Å². The molecule has 0 bridgehead atoms. The van der Waals surface area contributed by atoms with Crippen molar-refractivity contribution in [1.29, 1.82) is 0 Å². The van der Waals surface area contributed by atoms with Crippen LogP contribution in [-0.4, -0.2) is 37.1 Å². The lowest BCUT2D eigenvalue weighted by molar-refractivity contribution is -0.117. The molecule has 9 heteroatoms. The van der Waals surface area contributed by atoms with Gasteiger partial charge in [-0.05, 0) is 77.8 Å². The molecular formula is C38H41ClN2O5S. The third-order valence-electron chi connectivity index (χ3n) is 7.64. The molecule has 47 heavy (non-hydrogen) atoms. The van der Waals surface area contributed by atoms with Crippen molar-refractivity contribution < 1.29 is 22.6 Å². The summed E-state index contributed by atoms with van der Waals surface area (Å²) in [7, 11) is -4.18. The van der Waals surface area contributed by atoms with Crippen LogP contribution in [0.2, 0.25) is 5.02 Å². The van der Waals surface area contributed by atoms with E-state index in [-0.39, 0.29) is 17.9 Å². The third-order valence-corrected chi connectivity index (χ3v) is 8.67. The van der Waals surface area contributed by atoms with Gasteiger partial charge < -0.3 is 10.6 Å². The topological polar surface area (TPSA) is 113 Å². The monoisotopic (exact) mass is 672 g/mol. The second-order valence-corrected chi connectivity index (χ2v) is 14.8. The molecule has 0 aliphatic carbocycles. The molecule has 1 unspecified atom stereocenters. The van der Waals surface area contributed by atoms with Gasteiger partial charge in [-0.15, -0.1) is 0 Å². The van der Waals surface area contributed by atoms with Gasteiger partial charge in [0.05, 0.1) is 16.7 Å². The Morgan fingerprint density at radius 3 is 2.15 bits per heavy atom. The number of aryl methyl sites for hydroxylation is 2. The molecular weight excluding hydrogens is 632 g/mol. The average Bonchev–Trinajstić information content (AvgIpc) is 2.99. The summed E-state index contributed by atoms with van der Waals surface area (Å²) in [6.07, 6.45) is 4.57. The number of nitrogens with one attached hydrogen (secondary N) is 2. The van der Waals surface area contributed by atoms with Gasteiger partial charge in [0.15, 0.2) is 0 Å². The first-order valence-electron chi connectivity index (χ1n) is 15.4. The maximum absolute atomic E-state index is 13.9. The van der Waals surface area contributed by atoms with Crippen LogP contribution in [0.5, 0.6) is 0 Å². The molecule has 0 aromatic heterocycles. The Balaban J connectivity index is 1.57. The molecule has 0 aliphatic heterocycles. The summed E-state index contributed by atoms with van der Waals surface area (Å²) >= 11 is 6.73. The smallest absolute Gasteiger partial charge is 0.266 e. The minimum absolute atomic E-state index is 0.0374. The van der Waals surface area contributed by atoms with E-state index in [1.54, 1.807) is 30.3 Å². The molecule has 4 aromatic carbocycles. The minimum atomic E-state index is -4.18. The van der Waals surface area contributed by atoms with Crippen LogP contribution in [-0.2, 0) is 21.3 Å². The van der Waals surface area contributed by atoms with E-state index in [0.717, 1.165) is 33.4 Å². The first-order chi connectivity index (χ1) is 22.1. The summed E-state index contributed by atoms with van der Waals surface area (Å²) in [6, 6.07) is 26.4. The average molecular weight is 673 g/mol. The zero-order valence-electron chi connectivity index (χ0n) is 27.3. The van der Waals surface area contributed by atoms with Gasteiger partial charge in [0, 0.05) is 23.4 Å². The summed E-state index contributed by atoms with van der Waals surface area (Å²) in [4.78, 5) is 26.3. The van der Waals surface area contributed by atoms with Gasteiger partial charge in [0.25, 0.3) is 16.0 Å². The van der Waals surface area contributed by atoms with Gasteiger partial charge in [-0.25, -0.2) is 0 Å². The van der Waals surface area contributed by atoms with Crippen molar-refractivity contribution in [1.82, 2.24) is 5.32 Å². The SMILES string of the molecule is Cc1ccc(-c2ccc(NC(=O)C(Cc3ccc(C(=O)NCCS(=O)(=O)O)cc3)c3ccc(C=CC(C)(C)C)cc3)cc2Cl)c(C)c1. The van der Waals surface area contributed by atoms with Gasteiger partial charge in [-0.1, -0.05) is 111 Å². The van der Waals surface area contributed by atoms with E-state index in [1.165, 1.54) is 5.56 Å². The van der Waals surface area contributed by atoms with Crippen molar-refractivity contribution in [3.05, 3.63) is 129 Å². The van der Waals surface area contributed by atoms with Crippen LogP contribution in [0, 0.1) is 19.3 Å². The number of halogens is 1. The van der Waals surface area contributed by atoms with Crippen molar-refractivity contribution in [3.8, 4) is 11.1 Å². The lowest BCUT2D eigenvalue weighted by Gasteiger charge is -2.19. The number of carbonyl (C=O) groups is 2. The second-order valence-electron chi connectivity index (χ2n) is 12.9. The third kappa shape index (κ3) is 10.6. The van der Waals surface area contributed by atoms with Crippen LogP contribution < -0.4 is 10.6 Å². The molecule has 1 atom stereocenters. The van der Waals surface area contributed by atoms with Gasteiger partial charge in [0.1, 0.15) is 0 Å². The number of benzene rings is 4. The van der Waals surface area contributed by atoms with E-state index in [9.17, 15) is 18.0 Å². The van der Waals surface area contributed by atoms with E-state index in [2.05, 4.69) is 55.7 Å². The molecule has 0 radical (unpaired) electrons. The van der Waals surface area contributed by atoms with E-state index in [1.807, 2.05) is 56.3 Å². The van der Waals surface area contributed by atoms with Crippen LogP contribution in [0.1, 0.15) is 64.9 Å². The summed E-state index contributed by atoms with van der Waals surface area (Å²) in [6.45, 7) is 10.3. The predicted molar refractivity (Wildman–Crippen MR) is 192 cm³/mol. The number of hydrogen-bond donors (Lipinski definition) is 3. The molecule has 2 amide bonds. The fourth-order valence-electron chi connectivity index (χ4n) is 5.13. The molecule has 7 nitrogen and oxygen atoms in total. The molecule has 0 heterocycles. The number of rotatable bonds is 11. The fourth-order valence-corrected chi connectivity index (χ4v) is 5.77. The number of amides is 2. The highest BCUT2D eigenvalue weighted by atomic mass is 35.5. The van der Waals surface area contributed by atoms with E-state index < -0.39 is 27.7 Å². The summed E-state index contributed by atoms with van der Waals surface area (Å²) in [5, 5.41) is 6.07. The molecule has 0 aliphatic rings. The van der Waals surface area contributed by atoms with Crippen molar-refractivity contribution in [2.45, 2.75) is 47.0 Å². The van der Waals surface area contributed by atoms with E-state index >= 15 is 0 Å². The minimum Gasteiger partial charge on any atom is -0.351 e. The molecule has 0 saturated heterocycles. The quantitative estimate of drug-likeness (QED) is 0.139. The molecule has 0 spiro atoms. The van der Waals surface area contributed by atoms with Gasteiger partial charge >= 0.3 is 0 Å². The van der Waals surface area contributed by atoms with Crippen molar-refractivity contribution in [2.75, 3.05) is 17.6 Å². The summed E-state index contributed by atoms with van der Waals surface area (Å²) in [5.74, 6) is -1.79. The van der Waals surface area contributed by atoms with E-state index in [0.29, 0.717) is 22.7 Å². The number of carbonyl (C=O) groups excluding carboxylic acids is 2. The summed E-state index contributed by atoms with van der Waals surface area (Å²) < 4.78 is 30.8. The Morgan fingerprint density at radius 2 is 1.55 bits per heavy atom. The van der Waals surface area contributed by atoms with Crippen LogP contribution in [0.25, 0.3) is 17.2 Å². The zero-order chi connectivity index (χ0) is 34.4. The second kappa shape index (κ2) is 15.1. The number of anilines is 1. The van der Waals surface area contributed by atoms with Crippen LogP contribution in [0.4, 0.5) is 5.69 Å². The lowest BCUT2D eigenvalue weighted by Crippen LogP contribution is -2.28. The first-order valence-corrected chi connectivity index (χ1v) is 17.4. The molecule has 3 N–H and O–H groups in total. The summed E-state index contributed by atoms with van der Waals surface area (Å²) in [5.41, 5.74) is 7.86. The van der Waals surface area contributed by atoms with Crippen molar-refractivity contribution in [3.63, 3.8) is 0 Å². The first kappa shape index (κ1) is 35.6. The molecule has 246 valence electrons. The van der Waals surface area contributed by atoms with Gasteiger partial charge in [-0.3, -0.25) is 14.1 Å². The normalized spacial score (nSPS) is 12.6. The maximum Gasteiger partial charge on any atom is 0.266 e. The number of allylic oxidation sites excluding steroid dienone is 1. The molecule has 4 rings (SSSR count). The molecule has 0 saturated carbocycles. The van der Waals surface area contributed by atoms with Gasteiger partial charge in [0.2, 0.25) is 5.91 Å². The molecule has 0 fully saturated rings. The Bertz CT molecular complexity index is 1880. The van der Waals surface area contributed by atoms with Crippen molar-refractivity contribution >= 4 is 45.3 Å². The van der Waals surface area contributed by atoms with Crippen molar-refractivity contribution in [2.24, 2.45) is 5.41 Å². The molecule has 4 aromatic rings. The highest BCUT2D eigenvalue weighted by Gasteiger charge is 2.22. The Kier molecular flexibility index (Phi) is 11.4. The number of hydrogen-bond acceptors (Lipinski definition) is 4. The highest BCUT2D eigenvalue weighted by Crippen LogP contribution is 2.33. The fraction of sp³-hybridized carbons (Fsp3) is 0.263. The lowest BCUT2D eigenvalue weighted by atomic mass is 9.89. The Hall–Kier alpha value is -4.24. The van der Waals surface area contributed by atoms with Crippen LogP contribution in [0.3, 0.4) is 0 Å². The van der Waals surface area contributed by atoms with Gasteiger partial charge in [-0.2, -0.15) is 8.42 Å². The van der Waals surface area contributed by atoms with E-state index in [4.69, 9.17) is 16.2 Å². The largest absolute Gasteiger partial charge is 0.351 e. The Morgan fingerprint density at radius 1 is 0.894 bits per heavy atom. The zero-order valence-corrected chi connectivity index (χ0v) is 28.9.